The van der Waals surface area contributed by atoms with Crippen molar-refractivity contribution < 1.29 is 14.3 Å². The summed E-state index contributed by atoms with van der Waals surface area (Å²) in [5, 5.41) is 8.76. The number of benzene rings is 1. The Morgan fingerprint density at radius 1 is 1.50 bits per heavy atom. The number of hydrogen-bond acceptors (Lipinski definition) is 3. The molecule has 1 aromatic heterocycles. The van der Waals surface area contributed by atoms with Crippen molar-refractivity contribution in [2.45, 2.75) is 13.5 Å². The second-order valence-electron chi connectivity index (χ2n) is 4.16. The van der Waals surface area contributed by atoms with E-state index < -0.39 is 17.3 Å². The normalized spacial score (nSPS) is 10.6. The second-order valence-corrected chi connectivity index (χ2v) is 5.02. The minimum Gasteiger partial charge on any atom is -0.478 e. The number of hydrogen-bond donors (Lipinski definition) is 1. The molecule has 0 saturated heterocycles. The van der Waals surface area contributed by atoms with Gasteiger partial charge in [0.15, 0.2) is 0 Å². The van der Waals surface area contributed by atoms with Crippen LogP contribution in [0.15, 0.2) is 33.7 Å². The van der Waals surface area contributed by atoms with E-state index in [4.69, 9.17) is 5.11 Å². The van der Waals surface area contributed by atoms with E-state index >= 15 is 0 Å². The molecule has 2 aromatic rings. The Balaban J connectivity index is 2.41. The number of nitrogens with zero attached hydrogens (tertiary/aromatic N) is 2. The fourth-order valence-electron chi connectivity index (χ4n) is 1.75. The van der Waals surface area contributed by atoms with Crippen molar-refractivity contribution in [3.8, 4) is 0 Å². The molecule has 104 valence electrons. The number of aromatic nitrogens is 2. The first-order valence-electron chi connectivity index (χ1n) is 5.64. The van der Waals surface area contributed by atoms with E-state index in [1.165, 1.54) is 22.9 Å². The number of aromatic carboxylic acids is 1. The Bertz CT molecular complexity index is 743. The number of carboxylic acid groups (broad SMARTS) is 1. The average molecular weight is 341 g/mol. The molecule has 2 rings (SSSR count). The van der Waals surface area contributed by atoms with Crippen molar-refractivity contribution in [3.05, 3.63) is 62.0 Å². The molecule has 0 aliphatic carbocycles. The number of carboxylic acids is 1. The maximum atomic E-state index is 13.6. The Hall–Kier alpha value is -2.02. The first kappa shape index (κ1) is 14.4. The highest BCUT2D eigenvalue weighted by Gasteiger charge is 2.12. The minimum atomic E-state index is -1.33. The van der Waals surface area contributed by atoms with Gasteiger partial charge < -0.3 is 5.11 Å². The first-order valence-corrected chi connectivity index (χ1v) is 6.43. The third kappa shape index (κ3) is 2.77. The Morgan fingerprint density at radius 3 is 2.80 bits per heavy atom. The van der Waals surface area contributed by atoms with Gasteiger partial charge in [0.25, 0.3) is 5.56 Å². The van der Waals surface area contributed by atoms with Crippen LogP contribution in [0.2, 0.25) is 0 Å². The minimum absolute atomic E-state index is 0.119. The van der Waals surface area contributed by atoms with Gasteiger partial charge in [0.2, 0.25) is 0 Å². The summed E-state index contributed by atoms with van der Waals surface area (Å²) in [4.78, 5) is 26.7. The maximum absolute atomic E-state index is 13.6. The molecule has 0 spiro atoms. The number of carbonyl (C=O) groups is 1. The quantitative estimate of drug-likeness (QED) is 0.929. The van der Waals surface area contributed by atoms with Crippen molar-refractivity contribution in [3.63, 3.8) is 0 Å². The van der Waals surface area contributed by atoms with E-state index in [1.54, 1.807) is 6.92 Å². The fraction of sp³-hybridized carbons (Fsp3) is 0.154. The van der Waals surface area contributed by atoms with Crippen LogP contribution in [-0.2, 0) is 6.54 Å². The predicted molar refractivity (Wildman–Crippen MR) is 73.4 cm³/mol. The Kier molecular flexibility index (Phi) is 3.99. The van der Waals surface area contributed by atoms with Gasteiger partial charge in [-0.3, -0.25) is 9.36 Å². The topological polar surface area (TPSA) is 72.2 Å². The van der Waals surface area contributed by atoms with Crippen molar-refractivity contribution in [2.24, 2.45) is 0 Å². The van der Waals surface area contributed by atoms with E-state index in [1.807, 2.05) is 0 Å². The largest absolute Gasteiger partial charge is 0.478 e. The smallest absolute Gasteiger partial charge is 0.338 e. The lowest BCUT2D eigenvalue weighted by Gasteiger charge is -2.10. The van der Waals surface area contributed by atoms with Gasteiger partial charge in [0.05, 0.1) is 12.1 Å². The van der Waals surface area contributed by atoms with Crippen LogP contribution in [0.25, 0.3) is 0 Å². The van der Waals surface area contributed by atoms with Crippen LogP contribution in [0.3, 0.4) is 0 Å². The molecule has 0 aliphatic rings. The summed E-state index contributed by atoms with van der Waals surface area (Å²) in [7, 11) is 0. The molecule has 0 aliphatic heterocycles. The molecule has 0 unspecified atom stereocenters. The third-order valence-electron chi connectivity index (χ3n) is 2.81. The van der Waals surface area contributed by atoms with Gasteiger partial charge in [0.1, 0.15) is 16.1 Å². The highest BCUT2D eigenvalue weighted by atomic mass is 79.9. The lowest BCUT2D eigenvalue weighted by Crippen LogP contribution is -2.24. The second kappa shape index (κ2) is 5.54. The standard InChI is InChI=1S/C13H10BrFN2O3/c1-7-16-5-10(14)12(18)17(7)6-8-2-3-9(13(19)20)11(15)4-8/h2-5H,6H2,1H3,(H,19,20). The van der Waals surface area contributed by atoms with Gasteiger partial charge in [-0.1, -0.05) is 6.07 Å². The van der Waals surface area contributed by atoms with Crippen LogP contribution >= 0.6 is 15.9 Å². The summed E-state index contributed by atoms with van der Waals surface area (Å²) < 4.78 is 15.3. The summed E-state index contributed by atoms with van der Waals surface area (Å²) in [6.45, 7) is 1.78. The van der Waals surface area contributed by atoms with Crippen molar-refractivity contribution >= 4 is 21.9 Å². The van der Waals surface area contributed by atoms with Gasteiger partial charge >= 0.3 is 5.97 Å². The molecule has 0 radical (unpaired) electrons. The maximum Gasteiger partial charge on any atom is 0.338 e. The highest BCUT2D eigenvalue weighted by Crippen LogP contribution is 2.12. The molecule has 7 heteroatoms. The summed E-state index contributed by atoms with van der Waals surface area (Å²) in [5.74, 6) is -1.67. The van der Waals surface area contributed by atoms with Crippen LogP contribution in [0.4, 0.5) is 4.39 Å². The van der Waals surface area contributed by atoms with Crippen LogP contribution in [-0.4, -0.2) is 20.6 Å². The van der Waals surface area contributed by atoms with Gasteiger partial charge in [-0.2, -0.15) is 0 Å². The van der Waals surface area contributed by atoms with Crippen molar-refractivity contribution in [2.75, 3.05) is 0 Å². The third-order valence-corrected chi connectivity index (χ3v) is 3.35. The summed E-state index contributed by atoms with van der Waals surface area (Å²) in [6, 6.07) is 3.76. The zero-order valence-electron chi connectivity index (χ0n) is 10.4. The predicted octanol–water partition coefficient (Wildman–Crippen LogP) is 2.20. The van der Waals surface area contributed by atoms with Crippen molar-refractivity contribution in [1.82, 2.24) is 9.55 Å². The zero-order chi connectivity index (χ0) is 14.9. The lowest BCUT2D eigenvalue weighted by molar-refractivity contribution is 0.0692. The van der Waals surface area contributed by atoms with Gasteiger partial charge in [0, 0.05) is 6.20 Å². The summed E-state index contributed by atoms with van der Waals surface area (Å²) in [5.41, 5.74) is -0.192. The molecule has 1 heterocycles. The van der Waals surface area contributed by atoms with Crippen LogP contribution < -0.4 is 5.56 Å². The van der Waals surface area contributed by atoms with E-state index in [0.29, 0.717) is 15.9 Å². The molecular formula is C13H10BrFN2O3. The molecule has 0 saturated carbocycles. The van der Waals surface area contributed by atoms with Crippen LogP contribution in [0.5, 0.6) is 0 Å². The van der Waals surface area contributed by atoms with E-state index in [0.717, 1.165) is 6.07 Å². The molecule has 0 fully saturated rings. The molecule has 20 heavy (non-hydrogen) atoms. The monoisotopic (exact) mass is 340 g/mol. The van der Waals surface area contributed by atoms with E-state index in [9.17, 15) is 14.0 Å². The van der Waals surface area contributed by atoms with Crippen LogP contribution in [0, 0.1) is 12.7 Å². The lowest BCUT2D eigenvalue weighted by atomic mass is 10.1. The Labute approximate surface area is 121 Å². The summed E-state index contributed by atoms with van der Waals surface area (Å²) in [6.07, 6.45) is 1.41. The molecule has 1 aromatic carbocycles. The van der Waals surface area contributed by atoms with Gasteiger partial charge in [-0.15, -0.1) is 0 Å². The number of aryl methyl sites for hydroxylation is 1. The SMILES string of the molecule is Cc1ncc(Br)c(=O)n1Cc1ccc(C(=O)O)c(F)c1. The average Bonchev–Trinajstić information content (AvgIpc) is 2.39. The Morgan fingerprint density at radius 2 is 2.20 bits per heavy atom. The number of halogens is 2. The first-order chi connectivity index (χ1) is 9.40. The highest BCUT2D eigenvalue weighted by molar-refractivity contribution is 9.10. The molecular weight excluding hydrogens is 331 g/mol. The van der Waals surface area contributed by atoms with Crippen molar-refractivity contribution in [1.29, 1.82) is 0 Å². The molecule has 0 amide bonds. The fourth-order valence-corrected chi connectivity index (χ4v) is 2.07. The number of rotatable bonds is 3. The summed E-state index contributed by atoms with van der Waals surface area (Å²) >= 11 is 3.09. The van der Waals surface area contributed by atoms with E-state index in [2.05, 4.69) is 20.9 Å². The zero-order valence-corrected chi connectivity index (χ0v) is 12.0. The molecule has 0 bridgehead atoms. The van der Waals surface area contributed by atoms with Crippen LogP contribution in [0.1, 0.15) is 21.7 Å². The van der Waals surface area contributed by atoms with Gasteiger partial charge in [-0.05, 0) is 40.5 Å². The molecule has 0 atom stereocenters. The van der Waals surface area contributed by atoms with Gasteiger partial charge in [-0.25, -0.2) is 14.2 Å². The van der Waals surface area contributed by atoms with E-state index in [-0.39, 0.29) is 12.1 Å². The molecule has 5 nitrogen and oxygen atoms in total. The molecule has 1 N–H and O–H groups in total.